The summed E-state index contributed by atoms with van der Waals surface area (Å²) in [5, 5.41) is 2.80. The number of amides is 1. The van der Waals surface area contributed by atoms with Crippen LogP contribution < -0.4 is 10.1 Å². The first-order valence-corrected chi connectivity index (χ1v) is 7.85. The molecule has 0 bridgehead atoms. The van der Waals surface area contributed by atoms with E-state index in [4.69, 9.17) is 9.47 Å². The van der Waals surface area contributed by atoms with Gasteiger partial charge < -0.3 is 14.8 Å². The lowest BCUT2D eigenvalue weighted by atomic mass is 10.1. The first kappa shape index (κ1) is 17.5. The van der Waals surface area contributed by atoms with E-state index < -0.39 is 5.97 Å². The molecule has 126 valence electrons. The molecular formula is C19H21NO4. The van der Waals surface area contributed by atoms with Crippen molar-refractivity contribution < 1.29 is 19.1 Å². The van der Waals surface area contributed by atoms with E-state index >= 15 is 0 Å². The summed E-state index contributed by atoms with van der Waals surface area (Å²) >= 11 is 0. The highest BCUT2D eigenvalue weighted by Crippen LogP contribution is 2.19. The molecule has 0 aliphatic carbocycles. The Morgan fingerprint density at radius 1 is 1.04 bits per heavy atom. The molecule has 2 rings (SSSR count). The summed E-state index contributed by atoms with van der Waals surface area (Å²) in [7, 11) is 0. The number of hydrogen-bond donors (Lipinski definition) is 1. The second kappa shape index (κ2) is 8.72. The first-order valence-electron chi connectivity index (χ1n) is 7.85. The fraction of sp³-hybridized carbons (Fsp3) is 0.263. The van der Waals surface area contributed by atoms with Crippen molar-refractivity contribution in [3.8, 4) is 5.75 Å². The molecule has 5 heteroatoms. The highest BCUT2D eigenvalue weighted by atomic mass is 16.5. The Bertz CT molecular complexity index is 685. The lowest BCUT2D eigenvalue weighted by Gasteiger charge is -2.14. The Balaban J connectivity index is 1.89. The second-order valence-electron chi connectivity index (χ2n) is 5.21. The molecule has 0 aromatic heterocycles. The molecule has 5 nitrogen and oxygen atoms in total. The summed E-state index contributed by atoms with van der Waals surface area (Å²) in [4.78, 5) is 24.1. The topological polar surface area (TPSA) is 64.6 Å². The van der Waals surface area contributed by atoms with Crippen LogP contribution in [0, 0.1) is 0 Å². The molecule has 2 aromatic rings. The minimum atomic E-state index is -0.582. The molecular weight excluding hydrogens is 306 g/mol. The van der Waals surface area contributed by atoms with Gasteiger partial charge in [-0.05, 0) is 31.5 Å². The maximum Gasteiger partial charge on any atom is 0.342 e. The highest BCUT2D eigenvalue weighted by molar-refractivity contribution is 5.94. The van der Waals surface area contributed by atoms with E-state index in [1.54, 1.807) is 24.3 Å². The van der Waals surface area contributed by atoms with Crippen molar-refractivity contribution in [2.24, 2.45) is 0 Å². The van der Waals surface area contributed by atoms with E-state index in [1.807, 2.05) is 44.2 Å². The molecule has 1 atom stereocenters. The second-order valence-corrected chi connectivity index (χ2v) is 5.21. The number of esters is 1. The number of benzene rings is 2. The van der Waals surface area contributed by atoms with Gasteiger partial charge in [0.1, 0.15) is 11.3 Å². The SMILES string of the molecule is CCOc1ccccc1C(=O)OCC(=O)N[C@H](C)c1ccccc1. The molecule has 1 amide bonds. The predicted octanol–water partition coefficient (Wildman–Crippen LogP) is 3.12. The van der Waals surface area contributed by atoms with E-state index in [0.29, 0.717) is 17.9 Å². The van der Waals surface area contributed by atoms with Crippen LogP contribution in [0.4, 0.5) is 0 Å². The maximum atomic E-state index is 12.1. The highest BCUT2D eigenvalue weighted by Gasteiger charge is 2.16. The molecule has 0 fully saturated rings. The number of ether oxygens (including phenoxy) is 2. The van der Waals surface area contributed by atoms with Gasteiger partial charge in [-0.1, -0.05) is 42.5 Å². The normalized spacial score (nSPS) is 11.4. The Kier molecular flexibility index (Phi) is 6.37. The molecule has 0 heterocycles. The molecule has 0 aliphatic rings. The zero-order chi connectivity index (χ0) is 17.4. The Morgan fingerprint density at radius 2 is 1.71 bits per heavy atom. The van der Waals surface area contributed by atoms with Crippen LogP contribution in [0.5, 0.6) is 5.75 Å². The van der Waals surface area contributed by atoms with Crippen LogP contribution in [0.15, 0.2) is 54.6 Å². The van der Waals surface area contributed by atoms with Crippen LogP contribution in [-0.4, -0.2) is 25.1 Å². The molecule has 0 spiro atoms. The number of carbonyl (C=O) groups excluding carboxylic acids is 2. The lowest BCUT2D eigenvalue weighted by Crippen LogP contribution is -2.31. The zero-order valence-electron chi connectivity index (χ0n) is 13.8. The van der Waals surface area contributed by atoms with Gasteiger partial charge in [0, 0.05) is 0 Å². The smallest absolute Gasteiger partial charge is 0.342 e. The quantitative estimate of drug-likeness (QED) is 0.794. The van der Waals surface area contributed by atoms with Crippen LogP contribution in [0.1, 0.15) is 35.8 Å². The van der Waals surface area contributed by atoms with Crippen LogP contribution in [0.25, 0.3) is 0 Å². The van der Waals surface area contributed by atoms with Gasteiger partial charge in [-0.2, -0.15) is 0 Å². The third-order valence-electron chi connectivity index (χ3n) is 3.42. The largest absolute Gasteiger partial charge is 0.493 e. The van der Waals surface area contributed by atoms with Gasteiger partial charge in [-0.15, -0.1) is 0 Å². The van der Waals surface area contributed by atoms with E-state index in [2.05, 4.69) is 5.32 Å². The lowest BCUT2D eigenvalue weighted by molar-refractivity contribution is -0.124. The average Bonchev–Trinajstić information content (AvgIpc) is 2.61. The number of rotatable bonds is 7. The molecule has 2 aromatic carbocycles. The summed E-state index contributed by atoms with van der Waals surface area (Å²) in [5.41, 5.74) is 1.29. The Hall–Kier alpha value is -2.82. The number of hydrogen-bond acceptors (Lipinski definition) is 4. The van der Waals surface area contributed by atoms with Crippen molar-refractivity contribution in [2.75, 3.05) is 13.2 Å². The van der Waals surface area contributed by atoms with Gasteiger partial charge in [0.15, 0.2) is 6.61 Å². The summed E-state index contributed by atoms with van der Waals surface area (Å²) in [6.45, 7) is 3.82. The van der Waals surface area contributed by atoms with Crippen LogP contribution in [-0.2, 0) is 9.53 Å². The van der Waals surface area contributed by atoms with Crippen molar-refractivity contribution in [1.29, 1.82) is 0 Å². The molecule has 0 saturated carbocycles. The minimum Gasteiger partial charge on any atom is -0.493 e. The van der Waals surface area contributed by atoms with Gasteiger partial charge in [-0.3, -0.25) is 4.79 Å². The molecule has 0 saturated heterocycles. The minimum absolute atomic E-state index is 0.159. The van der Waals surface area contributed by atoms with Gasteiger partial charge in [0.05, 0.1) is 12.6 Å². The predicted molar refractivity (Wildman–Crippen MR) is 90.9 cm³/mol. The van der Waals surface area contributed by atoms with Gasteiger partial charge >= 0.3 is 5.97 Å². The standard InChI is InChI=1S/C19H21NO4/c1-3-23-17-12-8-7-11-16(17)19(22)24-13-18(21)20-14(2)15-9-5-4-6-10-15/h4-12,14H,3,13H2,1-2H3,(H,20,21)/t14-/m1/s1. The summed E-state index contributed by atoms with van der Waals surface area (Å²) in [6.07, 6.45) is 0. The van der Waals surface area contributed by atoms with Crippen LogP contribution >= 0.6 is 0 Å². The number of carbonyl (C=O) groups is 2. The Labute approximate surface area is 141 Å². The van der Waals surface area contributed by atoms with Crippen molar-refractivity contribution in [1.82, 2.24) is 5.32 Å². The Morgan fingerprint density at radius 3 is 2.42 bits per heavy atom. The summed E-state index contributed by atoms with van der Waals surface area (Å²) in [6, 6.07) is 16.2. The van der Waals surface area contributed by atoms with Crippen LogP contribution in [0.2, 0.25) is 0 Å². The summed E-state index contributed by atoms with van der Waals surface area (Å²) < 4.78 is 10.5. The van der Waals surface area contributed by atoms with Crippen molar-refractivity contribution in [3.05, 3.63) is 65.7 Å². The van der Waals surface area contributed by atoms with E-state index in [-0.39, 0.29) is 18.6 Å². The van der Waals surface area contributed by atoms with Crippen molar-refractivity contribution in [3.63, 3.8) is 0 Å². The molecule has 1 N–H and O–H groups in total. The van der Waals surface area contributed by atoms with E-state index in [0.717, 1.165) is 5.56 Å². The van der Waals surface area contributed by atoms with Gasteiger partial charge in [-0.25, -0.2) is 4.79 Å². The van der Waals surface area contributed by atoms with E-state index in [9.17, 15) is 9.59 Å². The third kappa shape index (κ3) is 4.84. The number of nitrogens with one attached hydrogen (secondary N) is 1. The number of para-hydroxylation sites is 1. The average molecular weight is 327 g/mol. The third-order valence-corrected chi connectivity index (χ3v) is 3.42. The van der Waals surface area contributed by atoms with Crippen LogP contribution in [0.3, 0.4) is 0 Å². The van der Waals surface area contributed by atoms with Gasteiger partial charge in [0.2, 0.25) is 0 Å². The fourth-order valence-electron chi connectivity index (χ4n) is 2.23. The molecule has 0 unspecified atom stereocenters. The van der Waals surface area contributed by atoms with Crippen molar-refractivity contribution in [2.45, 2.75) is 19.9 Å². The summed E-state index contributed by atoms with van der Waals surface area (Å²) in [5.74, 6) is -0.488. The van der Waals surface area contributed by atoms with Crippen molar-refractivity contribution >= 4 is 11.9 Å². The molecule has 24 heavy (non-hydrogen) atoms. The first-order chi connectivity index (χ1) is 11.6. The monoisotopic (exact) mass is 327 g/mol. The fourth-order valence-corrected chi connectivity index (χ4v) is 2.23. The van der Waals surface area contributed by atoms with Gasteiger partial charge in [0.25, 0.3) is 5.91 Å². The maximum absolute atomic E-state index is 12.1. The molecule has 0 radical (unpaired) electrons. The zero-order valence-corrected chi connectivity index (χ0v) is 13.8. The van der Waals surface area contributed by atoms with E-state index in [1.165, 1.54) is 0 Å². The molecule has 0 aliphatic heterocycles.